The van der Waals surface area contributed by atoms with Gasteiger partial charge >= 0.3 is 12.1 Å². The Labute approximate surface area is 235 Å². The molecule has 3 aromatic rings. The highest BCUT2D eigenvalue weighted by atomic mass is 32.2. The van der Waals surface area contributed by atoms with Gasteiger partial charge in [0.15, 0.2) is 5.75 Å². The molecule has 0 bridgehead atoms. The maximum atomic E-state index is 13.6. The zero-order chi connectivity index (χ0) is 28.7. The predicted molar refractivity (Wildman–Crippen MR) is 150 cm³/mol. The van der Waals surface area contributed by atoms with Crippen LogP contribution in [0.2, 0.25) is 0 Å². The normalized spacial score (nSPS) is 24.4. The molecule has 1 saturated heterocycles. The number of amides is 2. The number of methoxy groups -OCH3 is 1. The lowest BCUT2D eigenvalue weighted by Gasteiger charge is -2.28. The molecule has 2 amide bonds. The Morgan fingerprint density at radius 1 is 1.18 bits per heavy atom. The van der Waals surface area contributed by atoms with Crippen LogP contribution >= 0.6 is 10.5 Å². The van der Waals surface area contributed by atoms with Crippen LogP contribution < -0.4 is 10.1 Å². The Kier molecular flexibility index (Phi) is 7.26. The Bertz CT molecular complexity index is 1450. The molecule has 0 radical (unpaired) electrons. The molecule has 3 aromatic heterocycles. The van der Waals surface area contributed by atoms with Crippen LogP contribution in [0.25, 0.3) is 15.2 Å². The number of fused-ring (bicyclic) bond motifs is 1. The van der Waals surface area contributed by atoms with Crippen LogP contribution in [0.3, 0.4) is 0 Å². The molecule has 0 aromatic carbocycles. The smallest absolute Gasteiger partial charge is 0.411 e. The molecule has 4 heterocycles. The van der Waals surface area contributed by atoms with Crippen LogP contribution in [0.15, 0.2) is 60.8 Å². The van der Waals surface area contributed by atoms with E-state index in [0.717, 1.165) is 15.2 Å². The van der Waals surface area contributed by atoms with Crippen molar-refractivity contribution in [2.75, 3.05) is 13.7 Å². The molecule has 2 fully saturated rings. The second-order valence-electron chi connectivity index (χ2n) is 11.0. The minimum absolute atomic E-state index is 0.130. The van der Waals surface area contributed by atoms with Gasteiger partial charge in [0.25, 0.3) is 5.03 Å². The van der Waals surface area contributed by atoms with Crippen LogP contribution in [-0.4, -0.2) is 69.8 Å². The molecule has 40 heavy (non-hydrogen) atoms. The number of carbonyl (C=O) groups excluding carboxylic acids is 3. The van der Waals surface area contributed by atoms with Gasteiger partial charge in [-0.25, -0.2) is 14.6 Å². The van der Waals surface area contributed by atoms with Crippen LogP contribution in [0.5, 0.6) is 5.75 Å². The fourth-order valence-corrected chi connectivity index (χ4v) is 6.88. The standard InChI is InChI=1S/C29H32N4O6S/c1-6-18-16-29(18,26(35)37-5)32-25(34)21-15-19(17-33(21)27(36)39-28(2,3)4)38-22-10-13-30-20-11-14-40(24(20)22)23-9-7-8-12-31-23/h6-14,18-19,21H,1,15-17H2,2-5H3/p+1/t18-,19-,21+,29-,40?/m1/s1. The maximum Gasteiger partial charge on any atom is 0.411 e. The van der Waals surface area contributed by atoms with Crippen molar-refractivity contribution in [3.63, 3.8) is 0 Å². The summed E-state index contributed by atoms with van der Waals surface area (Å²) in [6, 6.07) is 8.61. The van der Waals surface area contributed by atoms with Gasteiger partial charge in [0.05, 0.1) is 13.7 Å². The quantitative estimate of drug-likeness (QED) is 0.255. The van der Waals surface area contributed by atoms with Crippen molar-refractivity contribution in [1.82, 2.24) is 20.2 Å². The topological polar surface area (TPSA) is 120 Å². The molecule has 1 unspecified atom stereocenters. The summed E-state index contributed by atoms with van der Waals surface area (Å²) in [7, 11) is 0.813. The number of likely N-dealkylation sites (tertiary alicyclic amines) is 1. The molecule has 1 aliphatic carbocycles. The number of hydrogen-bond acceptors (Lipinski definition) is 8. The van der Waals surface area contributed by atoms with Gasteiger partial charge in [-0.15, -0.1) is 6.58 Å². The van der Waals surface area contributed by atoms with Crippen molar-refractivity contribution in [3.8, 4) is 10.8 Å². The summed E-state index contributed by atoms with van der Waals surface area (Å²) in [5.41, 5.74) is -1.14. The molecule has 1 saturated carbocycles. The van der Waals surface area contributed by atoms with Gasteiger partial charge in [0.1, 0.15) is 34.2 Å². The van der Waals surface area contributed by atoms with Crippen molar-refractivity contribution in [2.24, 2.45) is 5.92 Å². The predicted octanol–water partition coefficient (Wildman–Crippen LogP) is 4.36. The van der Waals surface area contributed by atoms with Crippen molar-refractivity contribution in [2.45, 2.75) is 56.9 Å². The van der Waals surface area contributed by atoms with Gasteiger partial charge in [-0.1, -0.05) is 12.1 Å². The molecule has 0 spiro atoms. The molecular weight excluding hydrogens is 532 g/mol. The van der Waals surface area contributed by atoms with E-state index >= 15 is 0 Å². The molecule has 2 aliphatic rings. The first-order valence-corrected chi connectivity index (χ1v) is 14.4. The number of carbonyl (C=O) groups is 3. The molecule has 1 N–H and O–H groups in total. The van der Waals surface area contributed by atoms with Crippen molar-refractivity contribution < 1.29 is 28.6 Å². The fourth-order valence-electron chi connectivity index (χ4n) is 5.05. The van der Waals surface area contributed by atoms with Gasteiger partial charge in [0.2, 0.25) is 10.6 Å². The van der Waals surface area contributed by atoms with Crippen molar-refractivity contribution in [1.29, 1.82) is 0 Å². The molecular formula is C29H33N4O6S+. The number of nitrogens with one attached hydrogen (secondary N) is 1. The monoisotopic (exact) mass is 565 g/mol. The maximum absolute atomic E-state index is 13.6. The van der Waals surface area contributed by atoms with Gasteiger partial charge in [-0.3, -0.25) is 14.7 Å². The van der Waals surface area contributed by atoms with Crippen LogP contribution in [0.4, 0.5) is 4.79 Å². The minimum atomic E-state index is -1.18. The summed E-state index contributed by atoms with van der Waals surface area (Å²) in [4.78, 5) is 49.8. The highest BCUT2D eigenvalue weighted by Gasteiger charge is 2.62. The Balaban J connectivity index is 1.42. The molecule has 1 aliphatic heterocycles. The summed E-state index contributed by atoms with van der Waals surface area (Å²) < 4.78 is 18.0. The third kappa shape index (κ3) is 5.25. The first-order chi connectivity index (χ1) is 19.1. The third-order valence-electron chi connectivity index (χ3n) is 7.02. The van der Waals surface area contributed by atoms with Crippen molar-refractivity contribution >= 4 is 38.7 Å². The Morgan fingerprint density at radius 3 is 2.62 bits per heavy atom. The fraction of sp³-hybridized carbons (Fsp3) is 0.414. The van der Waals surface area contributed by atoms with Gasteiger partial charge in [-0.2, -0.15) is 0 Å². The van der Waals surface area contributed by atoms with Crippen molar-refractivity contribution in [3.05, 3.63) is 60.8 Å². The highest BCUT2D eigenvalue weighted by Crippen LogP contribution is 2.46. The van der Waals surface area contributed by atoms with E-state index < -0.39 is 51.7 Å². The van der Waals surface area contributed by atoms with Crippen LogP contribution in [0, 0.1) is 5.92 Å². The number of pyridine rings is 2. The SMILES string of the molecule is C=C[C@@H]1C[C@]1(NC(=O)[C@@H]1C[C@@H](Oc2ccnc3cc[s+](-c4ccccn4)c23)CN1C(=O)OC(C)(C)C)C(=O)OC. The average molecular weight is 566 g/mol. The first kappa shape index (κ1) is 27.6. The van der Waals surface area contributed by atoms with Crippen LogP contribution in [0.1, 0.15) is 33.6 Å². The van der Waals surface area contributed by atoms with E-state index in [2.05, 4.69) is 27.2 Å². The Morgan fingerprint density at radius 2 is 1.98 bits per heavy atom. The average Bonchev–Trinajstić information content (AvgIpc) is 3.23. The number of nitrogens with zero attached hydrogens (tertiary/aromatic N) is 3. The number of aromatic nitrogens is 2. The molecule has 5 rings (SSSR count). The lowest BCUT2D eigenvalue weighted by atomic mass is 10.1. The number of thiophene rings is 1. The summed E-state index contributed by atoms with van der Waals surface area (Å²) in [6.45, 7) is 9.19. The lowest BCUT2D eigenvalue weighted by molar-refractivity contribution is -0.147. The van der Waals surface area contributed by atoms with Crippen LogP contribution in [-0.2, 0) is 19.1 Å². The van der Waals surface area contributed by atoms with Gasteiger partial charge in [0, 0.05) is 53.4 Å². The summed E-state index contributed by atoms with van der Waals surface area (Å²) in [5.74, 6) is -0.633. The molecule has 11 heteroatoms. The molecule has 5 atom stereocenters. The number of esters is 1. The largest absolute Gasteiger partial charge is 0.483 e. The zero-order valence-corrected chi connectivity index (χ0v) is 23.8. The van der Waals surface area contributed by atoms with E-state index in [0.29, 0.717) is 12.2 Å². The highest BCUT2D eigenvalue weighted by molar-refractivity contribution is 7.43. The van der Waals surface area contributed by atoms with E-state index in [1.54, 1.807) is 45.3 Å². The van der Waals surface area contributed by atoms with Gasteiger partial charge in [-0.05, 0) is 33.3 Å². The van der Waals surface area contributed by atoms with E-state index in [-0.39, 0.29) is 18.9 Å². The minimum Gasteiger partial charge on any atom is -0.483 e. The summed E-state index contributed by atoms with van der Waals surface area (Å²) in [6.07, 6.45) is 4.52. The van der Waals surface area contributed by atoms with E-state index in [1.165, 1.54) is 12.0 Å². The van der Waals surface area contributed by atoms with E-state index in [1.807, 2.05) is 24.3 Å². The number of rotatable bonds is 7. The second-order valence-corrected chi connectivity index (χ2v) is 12.7. The van der Waals surface area contributed by atoms with E-state index in [4.69, 9.17) is 14.2 Å². The Hall–Kier alpha value is -3.99. The molecule has 210 valence electrons. The summed E-state index contributed by atoms with van der Waals surface area (Å²) in [5, 5.41) is 5.80. The van der Waals surface area contributed by atoms with Gasteiger partial charge < -0.3 is 19.5 Å². The first-order valence-electron chi connectivity index (χ1n) is 13.1. The summed E-state index contributed by atoms with van der Waals surface area (Å²) >= 11 is 0. The molecule has 10 nitrogen and oxygen atoms in total. The second kappa shape index (κ2) is 10.5. The zero-order valence-electron chi connectivity index (χ0n) is 23.0. The number of ether oxygens (including phenoxy) is 3. The third-order valence-corrected chi connectivity index (χ3v) is 8.97. The van der Waals surface area contributed by atoms with E-state index in [9.17, 15) is 14.4 Å². The lowest BCUT2D eigenvalue weighted by Crippen LogP contribution is -2.53. The number of hydrogen-bond donors (Lipinski definition) is 1.